The van der Waals surface area contributed by atoms with Crippen LogP contribution in [0, 0.1) is 5.92 Å². The van der Waals surface area contributed by atoms with Crippen molar-refractivity contribution in [1.29, 1.82) is 0 Å². The molecule has 0 saturated carbocycles. The van der Waals surface area contributed by atoms with Crippen molar-refractivity contribution in [2.45, 2.75) is 12.8 Å². The van der Waals surface area contributed by atoms with E-state index in [4.69, 9.17) is 4.18 Å². The highest BCUT2D eigenvalue weighted by molar-refractivity contribution is 7.85. The summed E-state index contributed by atoms with van der Waals surface area (Å²) in [5.41, 5.74) is 0. The van der Waals surface area contributed by atoms with Gasteiger partial charge in [-0.25, -0.2) is 0 Å². The molecule has 5 heteroatoms. The van der Waals surface area contributed by atoms with Gasteiger partial charge in [0.2, 0.25) is 0 Å². The molecule has 1 fully saturated rings. The molecule has 0 aromatic carbocycles. The quantitative estimate of drug-likeness (QED) is 0.639. The van der Waals surface area contributed by atoms with Crippen LogP contribution in [0.25, 0.3) is 0 Å². The fourth-order valence-corrected chi connectivity index (χ4v) is 1.71. The molecule has 12 heavy (non-hydrogen) atoms. The lowest BCUT2D eigenvalue weighted by molar-refractivity contribution is 0.222. The van der Waals surface area contributed by atoms with Crippen LogP contribution in [0.5, 0.6) is 0 Å². The summed E-state index contributed by atoms with van der Waals surface area (Å²) >= 11 is 0. The van der Waals surface area contributed by atoms with Gasteiger partial charge in [0.25, 0.3) is 10.1 Å². The Morgan fingerprint density at radius 2 is 2.00 bits per heavy atom. The van der Waals surface area contributed by atoms with E-state index in [-0.39, 0.29) is 0 Å². The standard InChI is InChI=1S/C7H15NO3S/c1-12(9,10)11-6-7-2-4-8-5-3-7/h7-8H,2-6H2,1H3. The average Bonchev–Trinajstić information content (AvgIpc) is 2.02. The van der Waals surface area contributed by atoms with Crippen LogP contribution in [0.2, 0.25) is 0 Å². The van der Waals surface area contributed by atoms with Crippen LogP contribution in [-0.2, 0) is 14.3 Å². The van der Waals surface area contributed by atoms with Crippen molar-refractivity contribution in [2.24, 2.45) is 5.92 Å². The Labute approximate surface area is 73.4 Å². The van der Waals surface area contributed by atoms with Crippen LogP contribution in [0.15, 0.2) is 0 Å². The lowest BCUT2D eigenvalue weighted by Gasteiger charge is -2.21. The van der Waals surface area contributed by atoms with E-state index in [1.807, 2.05) is 0 Å². The zero-order chi connectivity index (χ0) is 9.03. The second-order valence-corrected chi connectivity index (χ2v) is 4.83. The molecule has 1 aliphatic rings. The van der Waals surface area contributed by atoms with Gasteiger partial charge in [-0.2, -0.15) is 8.42 Å². The molecule has 0 aromatic rings. The van der Waals surface area contributed by atoms with Crippen molar-refractivity contribution in [3.05, 3.63) is 0 Å². The molecule has 1 saturated heterocycles. The number of rotatable bonds is 3. The van der Waals surface area contributed by atoms with Crippen molar-refractivity contribution in [3.8, 4) is 0 Å². The van der Waals surface area contributed by atoms with Gasteiger partial charge in [0, 0.05) is 0 Å². The summed E-state index contributed by atoms with van der Waals surface area (Å²) < 4.78 is 26.0. The first-order chi connectivity index (χ1) is 5.58. The molecule has 0 atom stereocenters. The fourth-order valence-electron chi connectivity index (χ4n) is 1.27. The number of piperidine rings is 1. The lowest BCUT2D eigenvalue weighted by Crippen LogP contribution is -2.30. The summed E-state index contributed by atoms with van der Waals surface area (Å²) in [6.07, 6.45) is 3.11. The summed E-state index contributed by atoms with van der Waals surface area (Å²) in [6.45, 7) is 2.29. The molecule has 1 heterocycles. The highest BCUT2D eigenvalue weighted by Crippen LogP contribution is 2.12. The zero-order valence-corrected chi connectivity index (χ0v) is 8.06. The topological polar surface area (TPSA) is 55.4 Å². The van der Waals surface area contributed by atoms with Crippen LogP contribution < -0.4 is 5.32 Å². The molecular weight excluding hydrogens is 178 g/mol. The molecule has 4 nitrogen and oxygen atoms in total. The van der Waals surface area contributed by atoms with E-state index in [9.17, 15) is 8.42 Å². The molecule has 1 aliphatic heterocycles. The summed E-state index contributed by atoms with van der Waals surface area (Å²) in [6, 6.07) is 0. The predicted octanol–water partition coefficient (Wildman–Crippen LogP) is -0.0378. The maximum atomic E-state index is 10.6. The van der Waals surface area contributed by atoms with Crippen molar-refractivity contribution in [3.63, 3.8) is 0 Å². The van der Waals surface area contributed by atoms with Crippen LogP contribution in [-0.4, -0.2) is 34.4 Å². The number of hydrogen-bond donors (Lipinski definition) is 1. The van der Waals surface area contributed by atoms with Crippen molar-refractivity contribution < 1.29 is 12.6 Å². The van der Waals surface area contributed by atoms with Gasteiger partial charge in [0.15, 0.2) is 0 Å². The Balaban J connectivity index is 2.22. The Hall–Kier alpha value is -0.130. The second-order valence-electron chi connectivity index (χ2n) is 3.18. The molecule has 0 aromatic heterocycles. The van der Waals surface area contributed by atoms with Gasteiger partial charge in [-0.05, 0) is 31.8 Å². The van der Waals surface area contributed by atoms with Gasteiger partial charge in [0.1, 0.15) is 0 Å². The molecule has 0 spiro atoms. The lowest BCUT2D eigenvalue weighted by atomic mass is 10.00. The third-order valence-corrected chi connectivity index (χ3v) is 2.54. The highest BCUT2D eigenvalue weighted by Gasteiger charge is 2.15. The summed E-state index contributed by atoms with van der Waals surface area (Å²) in [5.74, 6) is 0.404. The normalized spacial score (nSPS) is 21.1. The molecule has 1 N–H and O–H groups in total. The van der Waals surface area contributed by atoms with E-state index < -0.39 is 10.1 Å². The maximum Gasteiger partial charge on any atom is 0.264 e. The van der Waals surface area contributed by atoms with E-state index >= 15 is 0 Å². The summed E-state index contributed by atoms with van der Waals surface area (Å²) in [7, 11) is -3.24. The van der Waals surface area contributed by atoms with Gasteiger partial charge >= 0.3 is 0 Å². The molecule has 0 radical (unpaired) electrons. The SMILES string of the molecule is CS(=O)(=O)OCC1CCNCC1. The molecule has 0 unspecified atom stereocenters. The Morgan fingerprint density at radius 1 is 1.42 bits per heavy atom. The van der Waals surface area contributed by atoms with Crippen LogP contribution >= 0.6 is 0 Å². The summed E-state index contributed by atoms with van der Waals surface area (Å²) in [5, 5.41) is 3.21. The molecule has 1 rings (SSSR count). The second kappa shape index (κ2) is 4.20. The summed E-state index contributed by atoms with van der Waals surface area (Å²) in [4.78, 5) is 0. The van der Waals surface area contributed by atoms with Gasteiger partial charge in [-0.3, -0.25) is 4.18 Å². The van der Waals surface area contributed by atoms with Gasteiger partial charge in [-0.15, -0.1) is 0 Å². The average molecular weight is 193 g/mol. The van der Waals surface area contributed by atoms with Crippen LogP contribution in [0.4, 0.5) is 0 Å². The molecule has 72 valence electrons. The third-order valence-electron chi connectivity index (χ3n) is 1.98. The van der Waals surface area contributed by atoms with Crippen molar-refractivity contribution in [2.75, 3.05) is 26.0 Å². The number of hydrogen-bond acceptors (Lipinski definition) is 4. The van der Waals surface area contributed by atoms with Crippen LogP contribution in [0.3, 0.4) is 0 Å². The van der Waals surface area contributed by atoms with Gasteiger partial charge in [-0.1, -0.05) is 0 Å². The monoisotopic (exact) mass is 193 g/mol. The molecular formula is C7H15NO3S. The van der Waals surface area contributed by atoms with Gasteiger partial charge < -0.3 is 5.32 Å². The minimum absolute atomic E-state index is 0.348. The van der Waals surface area contributed by atoms with E-state index in [0.717, 1.165) is 32.2 Å². The van der Waals surface area contributed by atoms with Crippen molar-refractivity contribution in [1.82, 2.24) is 5.32 Å². The third kappa shape index (κ3) is 4.04. The van der Waals surface area contributed by atoms with Crippen molar-refractivity contribution >= 4 is 10.1 Å². The minimum Gasteiger partial charge on any atom is -0.317 e. The molecule has 0 amide bonds. The first kappa shape index (κ1) is 9.95. The largest absolute Gasteiger partial charge is 0.317 e. The van der Waals surface area contributed by atoms with Gasteiger partial charge in [0.05, 0.1) is 12.9 Å². The minimum atomic E-state index is -3.24. The van der Waals surface area contributed by atoms with E-state index in [0.29, 0.717) is 12.5 Å². The first-order valence-corrected chi connectivity index (χ1v) is 5.95. The predicted molar refractivity (Wildman–Crippen MR) is 46.4 cm³/mol. The molecule has 0 bridgehead atoms. The Kier molecular flexibility index (Phi) is 3.49. The maximum absolute atomic E-state index is 10.6. The zero-order valence-electron chi connectivity index (χ0n) is 7.25. The van der Waals surface area contributed by atoms with E-state index in [2.05, 4.69) is 5.32 Å². The van der Waals surface area contributed by atoms with E-state index in [1.165, 1.54) is 0 Å². The molecule has 0 aliphatic carbocycles. The first-order valence-electron chi connectivity index (χ1n) is 4.13. The van der Waals surface area contributed by atoms with E-state index in [1.54, 1.807) is 0 Å². The number of nitrogens with one attached hydrogen (secondary N) is 1. The Morgan fingerprint density at radius 3 is 2.50 bits per heavy atom. The smallest absolute Gasteiger partial charge is 0.264 e. The highest BCUT2D eigenvalue weighted by atomic mass is 32.2. The fraction of sp³-hybridized carbons (Fsp3) is 1.00. The Bertz CT molecular complexity index is 219. The van der Waals surface area contributed by atoms with Crippen LogP contribution in [0.1, 0.15) is 12.8 Å².